The molecule has 0 heterocycles. The highest BCUT2D eigenvalue weighted by Crippen LogP contribution is 2.40. The SMILES string of the molecule is C1CCCCC1.CC.CCC.CCCC(CC1CC(=O)c2c(C)c(CCc3ccccc3C)cc(C(C)C)c2C1)C(CC)C(=O)CC(C)=O. The Kier molecular flexibility index (Phi) is 22.3. The number of benzene rings is 2. The predicted octanol–water partition coefficient (Wildman–Crippen LogP) is 13.1. The van der Waals surface area contributed by atoms with Crippen molar-refractivity contribution in [1.29, 1.82) is 0 Å². The van der Waals surface area contributed by atoms with Crippen LogP contribution in [0.3, 0.4) is 0 Å². The maximum atomic E-state index is 13.7. The fourth-order valence-electron chi connectivity index (χ4n) is 7.88. The quantitative estimate of drug-likeness (QED) is 0.199. The first-order valence-electron chi connectivity index (χ1n) is 20.2. The van der Waals surface area contributed by atoms with Crippen LogP contribution in [0.4, 0.5) is 0 Å². The lowest BCUT2D eigenvalue weighted by molar-refractivity contribution is -0.129. The van der Waals surface area contributed by atoms with Crippen molar-refractivity contribution in [2.75, 3.05) is 0 Å². The van der Waals surface area contributed by atoms with Gasteiger partial charge in [0.2, 0.25) is 0 Å². The molecule has 4 rings (SSSR count). The zero-order chi connectivity index (χ0) is 36.9. The minimum Gasteiger partial charge on any atom is -0.300 e. The van der Waals surface area contributed by atoms with Gasteiger partial charge in [-0.05, 0) is 104 Å². The lowest BCUT2D eigenvalue weighted by Crippen LogP contribution is -2.30. The third-order valence-electron chi connectivity index (χ3n) is 10.3. The number of ketones is 3. The highest BCUT2D eigenvalue weighted by atomic mass is 16.1. The van der Waals surface area contributed by atoms with Crippen molar-refractivity contribution in [2.45, 2.75) is 185 Å². The Morgan fingerprint density at radius 2 is 1.39 bits per heavy atom. The van der Waals surface area contributed by atoms with Gasteiger partial charge in [0.1, 0.15) is 11.6 Å². The molecule has 1 saturated carbocycles. The summed E-state index contributed by atoms with van der Waals surface area (Å²) in [5.74, 6) is 1.03. The molecule has 2 aliphatic carbocycles. The molecule has 0 spiro atoms. The Morgan fingerprint density at radius 3 is 1.88 bits per heavy atom. The lowest BCUT2D eigenvalue weighted by atomic mass is 9.70. The van der Waals surface area contributed by atoms with Gasteiger partial charge in [-0.1, -0.05) is 144 Å². The number of Topliss-reactive ketones (excluding diaryl/α,β-unsaturated/α-hetero) is 3. The molecule has 2 aliphatic rings. The van der Waals surface area contributed by atoms with Crippen LogP contribution in [0.15, 0.2) is 30.3 Å². The van der Waals surface area contributed by atoms with E-state index in [0.717, 1.165) is 56.1 Å². The summed E-state index contributed by atoms with van der Waals surface area (Å²) in [6.45, 7) is 22.7. The number of carbonyl (C=O) groups excluding carboxylic acids is 3. The van der Waals surface area contributed by atoms with E-state index in [1.165, 1.54) is 79.7 Å². The van der Waals surface area contributed by atoms with Crippen molar-refractivity contribution in [3.63, 3.8) is 0 Å². The van der Waals surface area contributed by atoms with Crippen LogP contribution >= 0.6 is 0 Å². The fraction of sp³-hybridized carbons (Fsp3) is 0.674. The Bertz CT molecular complexity index is 1250. The van der Waals surface area contributed by atoms with E-state index in [4.69, 9.17) is 0 Å². The van der Waals surface area contributed by atoms with Crippen molar-refractivity contribution in [3.05, 3.63) is 69.3 Å². The van der Waals surface area contributed by atoms with Crippen LogP contribution < -0.4 is 0 Å². The Hall–Kier alpha value is -2.55. The largest absolute Gasteiger partial charge is 0.300 e. The third-order valence-corrected chi connectivity index (χ3v) is 10.3. The van der Waals surface area contributed by atoms with Crippen molar-refractivity contribution in [3.8, 4) is 0 Å². The van der Waals surface area contributed by atoms with E-state index < -0.39 is 0 Å². The van der Waals surface area contributed by atoms with E-state index in [0.29, 0.717) is 12.3 Å². The molecule has 3 nitrogen and oxygen atoms in total. The van der Waals surface area contributed by atoms with Crippen LogP contribution in [0, 0.1) is 31.6 Å². The maximum absolute atomic E-state index is 13.7. The summed E-state index contributed by atoms with van der Waals surface area (Å²) in [6, 6.07) is 10.9. The topological polar surface area (TPSA) is 51.2 Å². The van der Waals surface area contributed by atoms with E-state index in [2.05, 4.69) is 85.7 Å². The number of aryl methyl sites for hydroxylation is 3. The first-order valence-corrected chi connectivity index (χ1v) is 20.2. The van der Waals surface area contributed by atoms with Gasteiger partial charge in [-0.2, -0.15) is 0 Å². The standard InChI is InChI=1S/C35H48O3.C6H12.C3H8.C2H6/c1-8-12-29(30(9-2)33(37)17-24(6)36)18-26-19-32-31(22(3)4)21-28(25(7)35(32)34(38)20-26)16-15-27-14-11-10-13-23(27)5;1-2-4-6-5-3-1;1-3-2;1-2/h10-11,13-14,21-22,26,29-30H,8-9,12,15-20H2,1-7H3;1-6H2;3H2,1-2H3;1-2H3. The molecule has 0 saturated heterocycles. The molecule has 1 fully saturated rings. The van der Waals surface area contributed by atoms with Gasteiger partial charge in [0.05, 0.1) is 6.42 Å². The molecule has 2 aromatic rings. The summed E-state index contributed by atoms with van der Waals surface area (Å²) in [6.07, 6.45) is 17.3. The third kappa shape index (κ3) is 14.7. The van der Waals surface area contributed by atoms with E-state index in [1.807, 2.05) is 13.8 Å². The summed E-state index contributed by atoms with van der Waals surface area (Å²) in [4.78, 5) is 38.3. The summed E-state index contributed by atoms with van der Waals surface area (Å²) < 4.78 is 0. The summed E-state index contributed by atoms with van der Waals surface area (Å²) in [5, 5.41) is 0. The van der Waals surface area contributed by atoms with Gasteiger partial charge in [-0.25, -0.2) is 0 Å². The Morgan fingerprint density at radius 1 is 0.837 bits per heavy atom. The highest BCUT2D eigenvalue weighted by molar-refractivity contribution is 6.01. The molecular weight excluding hydrogens is 601 g/mol. The van der Waals surface area contributed by atoms with Gasteiger partial charge in [0.25, 0.3) is 0 Å². The second-order valence-electron chi connectivity index (χ2n) is 14.9. The van der Waals surface area contributed by atoms with Crippen LogP contribution in [-0.4, -0.2) is 17.3 Å². The minimum absolute atomic E-state index is 0.0348. The molecule has 0 amide bonds. The van der Waals surface area contributed by atoms with Crippen molar-refractivity contribution < 1.29 is 14.4 Å². The molecule has 0 aromatic heterocycles. The molecule has 0 bridgehead atoms. The summed E-state index contributed by atoms with van der Waals surface area (Å²) in [7, 11) is 0. The average Bonchev–Trinajstić information content (AvgIpc) is 3.07. The lowest BCUT2D eigenvalue weighted by Gasteiger charge is -2.33. The van der Waals surface area contributed by atoms with Crippen LogP contribution in [-0.2, 0) is 28.9 Å². The highest BCUT2D eigenvalue weighted by Gasteiger charge is 2.34. The van der Waals surface area contributed by atoms with Gasteiger partial charge in [-0.3, -0.25) is 14.4 Å². The van der Waals surface area contributed by atoms with Gasteiger partial charge >= 0.3 is 0 Å². The first kappa shape index (κ1) is 44.5. The molecular formula is C46H74O3. The van der Waals surface area contributed by atoms with Gasteiger partial charge in [0, 0.05) is 17.9 Å². The Balaban J connectivity index is 0.000000941. The van der Waals surface area contributed by atoms with Crippen LogP contribution in [0.1, 0.15) is 195 Å². The smallest absolute Gasteiger partial charge is 0.163 e. The van der Waals surface area contributed by atoms with Crippen LogP contribution in [0.25, 0.3) is 0 Å². The summed E-state index contributed by atoms with van der Waals surface area (Å²) in [5.41, 5.74) is 8.68. The minimum atomic E-state index is -0.0922. The number of rotatable bonds is 13. The second kappa shape index (κ2) is 24.6. The number of hydrogen-bond donors (Lipinski definition) is 0. The van der Waals surface area contributed by atoms with E-state index in [1.54, 1.807) is 0 Å². The van der Waals surface area contributed by atoms with E-state index in [9.17, 15) is 14.4 Å². The predicted molar refractivity (Wildman–Crippen MR) is 212 cm³/mol. The van der Waals surface area contributed by atoms with Crippen molar-refractivity contribution in [1.82, 2.24) is 0 Å². The zero-order valence-electron chi connectivity index (χ0n) is 33.7. The van der Waals surface area contributed by atoms with Crippen molar-refractivity contribution in [2.24, 2.45) is 17.8 Å². The number of carbonyl (C=O) groups is 3. The maximum Gasteiger partial charge on any atom is 0.163 e. The molecule has 3 heteroatoms. The fourth-order valence-corrected chi connectivity index (χ4v) is 7.88. The summed E-state index contributed by atoms with van der Waals surface area (Å²) >= 11 is 0. The van der Waals surface area contributed by atoms with Crippen LogP contribution in [0.2, 0.25) is 0 Å². The molecule has 276 valence electrons. The van der Waals surface area contributed by atoms with E-state index in [-0.39, 0.29) is 41.5 Å². The monoisotopic (exact) mass is 675 g/mol. The average molecular weight is 675 g/mol. The zero-order valence-corrected chi connectivity index (χ0v) is 33.7. The molecule has 0 radical (unpaired) electrons. The molecule has 0 aliphatic heterocycles. The first-order chi connectivity index (χ1) is 23.5. The molecule has 49 heavy (non-hydrogen) atoms. The molecule has 3 atom stereocenters. The van der Waals surface area contributed by atoms with Gasteiger partial charge < -0.3 is 0 Å². The number of fused-ring (bicyclic) bond motifs is 1. The van der Waals surface area contributed by atoms with E-state index >= 15 is 0 Å². The van der Waals surface area contributed by atoms with Gasteiger partial charge in [-0.15, -0.1) is 0 Å². The van der Waals surface area contributed by atoms with Crippen molar-refractivity contribution >= 4 is 17.3 Å². The van der Waals surface area contributed by atoms with Gasteiger partial charge in [0.15, 0.2) is 5.78 Å². The molecule has 3 unspecified atom stereocenters. The molecule has 2 aromatic carbocycles. The normalized spacial score (nSPS) is 16.5. The molecule has 0 N–H and O–H groups in total. The van der Waals surface area contributed by atoms with Crippen LogP contribution in [0.5, 0.6) is 0 Å². The second-order valence-corrected chi connectivity index (χ2v) is 14.9. The Labute approximate surface area is 302 Å². The number of hydrogen-bond acceptors (Lipinski definition) is 3.